The SMILES string of the molecule is NC(=O)c1nc(-c2ccncc2)ccc1N. The normalized spacial score (nSPS) is 10.0. The molecule has 2 aromatic rings. The van der Waals surface area contributed by atoms with Crippen molar-refractivity contribution in [2.45, 2.75) is 0 Å². The van der Waals surface area contributed by atoms with Gasteiger partial charge in [0, 0.05) is 18.0 Å². The Morgan fingerprint density at radius 3 is 2.44 bits per heavy atom. The van der Waals surface area contributed by atoms with E-state index in [1.165, 1.54) is 0 Å². The number of amides is 1. The van der Waals surface area contributed by atoms with Crippen molar-refractivity contribution >= 4 is 11.6 Å². The van der Waals surface area contributed by atoms with Crippen molar-refractivity contribution in [3.8, 4) is 11.3 Å². The third-order valence-electron chi connectivity index (χ3n) is 2.14. The third kappa shape index (κ3) is 1.83. The molecule has 0 bridgehead atoms. The molecule has 2 aromatic heterocycles. The Morgan fingerprint density at radius 1 is 1.12 bits per heavy atom. The summed E-state index contributed by atoms with van der Waals surface area (Å²) in [4.78, 5) is 19.1. The van der Waals surface area contributed by atoms with Crippen LogP contribution in [0.15, 0.2) is 36.7 Å². The van der Waals surface area contributed by atoms with E-state index in [0.717, 1.165) is 5.56 Å². The zero-order chi connectivity index (χ0) is 11.5. The highest BCUT2D eigenvalue weighted by Gasteiger charge is 2.09. The number of hydrogen-bond donors (Lipinski definition) is 2. The first-order chi connectivity index (χ1) is 7.68. The molecule has 0 unspecified atom stereocenters. The summed E-state index contributed by atoms with van der Waals surface area (Å²) < 4.78 is 0. The zero-order valence-electron chi connectivity index (χ0n) is 8.42. The molecule has 0 spiro atoms. The minimum Gasteiger partial charge on any atom is -0.397 e. The molecule has 0 aliphatic rings. The van der Waals surface area contributed by atoms with Crippen LogP contribution in [-0.4, -0.2) is 15.9 Å². The maximum absolute atomic E-state index is 11.1. The van der Waals surface area contributed by atoms with Gasteiger partial charge in [-0.05, 0) is 24.3 Å². The highest BCUT2D eigenvalue weighted by molar-refractivity contribution is 5.96. The molecule has 80 valence electrons. The fourth-order valence-corrected chi connectivity index (χ4v) is 1.35. The van der Waals surface area contributed by atoms with E-state index in [4.69, 9.17) is 11.5 Å². The number of pyridine rings is 2. The maximum Gasteiger partial charge on any atom is 0.269 e. The summed E-state index contributed by atoms with van der Waals surface area (Å²) in [6, 6.07) is 6.94. The Kier molecular flexibility index (Phi) is 2.51. The topological polar surface area (TPSA) is 94.9 Å². The number of hydrogen-bond acceptors (Lipinski definition) is 4. The number of nitrogens with two attached hydrogens (primary N) is 2. The Morgan fingerprint density at radius 2 is 1.81 bits per heavy atom. The Hall–Kier alpha value is -2.43. The van der Waals surface area contributed by atoms with E-state index in [9.17, 15) is 4.79 Å². The van der Waals surface area contributed by atoms with Crippen molar-refractivity contribution < 1.29 is 4.79 Å². The molecule has 0 saturated heterocycles. The molecule has 2 heterocycles. The third-order valence-corrected chi connectivity index (χ3v) is 2.14. The molecule has 0 aliphatic carbocycles. The fraction of sp³-hybridized carbons (Fsp3) is 0. The molecule has 4 N–H and O–H groups in total. The summed E-state index contributed by atoms with van der Waals surface area (Å²) in [6.45, 7) is 0. The monoisotopic (exact) mass is 214 g/mol. The smallest absolute Gasteiger partial charge is 0.269 e. The van der Waals surface area contributed by atoms with Crippen molar-refractivity contribution in [3.63, 3.8) is 0 Å². The number of primary amides is 1. The lowest BCUT2D eigenvalue weighted by molar-refractivity contribution is 0.0996. The second-order valence-electron chi connectivity index (χ2n) is 3.23. The van der Waals surface area contributed by atoms with Gasteiger partial charge in [-0.1, -0.05) is 0 Å². The Bertz CT molecular complexity index is 525. The number of nitrogens with zero attached hydrogens (tertiary/aromatic N) is 2. The van der Waals surface area contributed by atoms with E-state index >= 15 is 0 Å². The van der Waals surface area contributed by atoms with Gasteiger partial charge in [-0.25, -0.2) is 4.98 Å². The molecule has 0 aliphatic heterocycles. The van der Waals surface area contributed by atoms with Crippen molar-refractivity contribution in [3.05, 3.63) is 42.4 Å². The van der Waals surface area contributed by atoms with Crippen LogP contribution in [0.3, 0.4) is 0 Å². The van der Waals surface area contributed by atoms with E-state index in [1.54, 1.807) is 36.7 Å². The van der Waals surface area contributed by atoms with Crippen LogP contribution in [0.2, 0.25) is 0 Å². The average molecular weight is 214 g/mol. The molecule has 2 rings (SSSR count). The van der Waals surface area contributed by atoms with Crippen LogP contribution in [0, 0.1) is 0 Å². The highest BCUT2D eigenvalue weighted by atomic mass is 16.1. The van der Waals surface area contributed by atoms with Gasteiger partial charge in [-0.2, -0.15) is 0 Å². The summed E-state index contributed by atoms with van der Waals surface area (Å²) >= 11 is 0. The molecule has 16 heavy (non-hydrogen) atoms. The number of anilines is 1. The first-order valence-corrected chi connectivity index (χ1v) is 4.65. The van der Waals surface area contributed by atoms with Gasteiger partial charge in [0.1, 0.15) is 0 Å². The fourth-order valence-electron chi connectivity index (χ4n) is 1.35. The lowest BCUT2D eigenvalue weighted by Gasteiger charge is -2.04. The molecular weight excluding hydrogens is 204 g/mol. The van der Waals surface area contributed by atoms with Crippen LogP contribution in [0.25, 0.3) is 11.3 Å². The minimum atomic E-state index is -0.631. The summed E-state index contributed by atoms with van der Waals surface area (Å²) in [5.41, 5.74) is 12.6. The first kappa shape index (κ1) is 10.1. The van der Waals surface area contributed by atoms with E-state index in [0.29, 0.717) is 5.69 Å². The van der Waals surface area contributed by atoms with Gasteiger partial charge in [0.05, 0.1) is 11.4 Å². The zero-order valence-corrected chi connectivity index (χ0v) is 8.42. The number of carbonyl (C=O) groups is 1. The maximum atomic E-state index is 11.1. The van der Waals surface area contributed by atoms with Crippen LogP contribution < -0.4 is 11.5 Å². The largest absolute Gasteiger partial charge is 0.397 e. The molecule has 5 heteroatoms. The van der Waals surface area contributed by atoms with Crippen LogP contribution in [-0.2, 0) is 0 Å². The Balaban J connectivity index is 2.52. The molecule has 0 saturated carbocycles. The molecule has 0 radical (unpaired) electrons. The lowest BCUT2D eigenvalue weighted by atomic mass is 10.1. The second-order valence-corrected chi connectivity index (χ2v) is 3.23. The van der Waals surface area contributed by atoms with Gasteiger partial charge in [-0.3, -0.25) is 9.78 Å². The average Bonchev–Trinajstić information content (AvgIpc) is 2.30. The van der Waals surface area contributed by atoms with Crippen molar-refractivity contribution in [2.24, 2.45) is 5.73 Å². The number of aromatic nitrogens is 2. The molecule has 0 atom stereocenters. The van der Waals surface area contributed by atoms with Crippen LogP contribution in [0.5, 0.6) is 0 Å². The van der Waals surface area contributed by atoms with Crippen LogP contribution >= 0.6 is 0 Å². The quantitative estimate of drug-likeness (QED) is 0.773. The molecule has 0 fully saturated rings. The number of rotatable bonds is 2. The van der Waals surface area contributed by atoms with E-state index in [1.807, 2.05) is 0 Å². The van der Waals surface area contributed by atoms with Crippen molar-refractivity contribution in [1.82, 2.24) is 9.97 Å². The summed E-state index contributed by atoms with van der Waals surface area (Å²) in [7, 11) is 0. The molecular formula is C11H10N4O. The van der Waals surface area contributed by atoms with E-state index in [-0.39, 0.29) is 11.4 Å². The van der Waals surface area contributed by atoms with Gasteiger partial charge >= 0.3 is 0 Å². The van der Waals surface area contributed by atoms with Crippen molar-refractivity contribution in [1.29, 1.82) is 0 Å². The lowest BCUT2D eigenvalue weighted by Crippen LogP contribution is -2.15. The van der Waals surface area contributed by atoms with E-state index < -0.39 is 5.91 Å². The predicted octanol–water partition coefficient (Wildman–Crippen LogP) is 0.825. The highest BCUT2D eigenvalue weighted by Crippen LogP contribution is 2.18. The minimum absolute atomic E-state index is 0.0920. The van der Waals surface area contributed by atoms with E-state index in [2.05, 4.69) is 9.97 Å². The van der Waals surface area contributed by atoms with Crippen LogP contribution in [0.4, 0.5) is 5.69 Å². The molecule has 0 aromatic carbocycles. The predicted molar refractivity (Wildman–Crippen MR) is 60.4 cm³/mol. The standard InChI is InChI=1S/C11H10N4O/c12-8-1-2-9(15-10(8)11(13)16)7-3-5-14-6-4-7/h1-6H,12H2,(H2,13,16). The summed E-state index contributed by atoms with van der Waals surface area (Å²) in [5, 5.41) is 0. The van der Waals surface area contributed by atoms with Gasteiger partial charge in [0.25, 0.3) is 5.91 Å². The van der Waals surface area contributed by atoms with Gasteiger partial charge in [0.15, 0.2) is 5.69 Å². The van der Waals surface area contributed by atoms with Crippen LogP contribution in [0.1, 0.15) is 10.5 Å². The number of nitrogen functional groups attached to an aromatic ring is 1. The van der Waals surface area contributed by atoms with Gasteiger partial charge in [-0.15, -0.1) is 0 Å². The molecule has 5 nitrogen and oxygen atoms in total. The summed E-state index contributed by atoms with van der Waals surface area (Å²) in [5.74, 6) is -0.631. The second kappa shape index (κ2) is 3.98. The van der Waals surface area contributed by atoms with Gasteiger partial charge < -0.3 is 11.5 Å². The summed E-state index contributed by atoms with van der Waals surface area (Å²) in [6.07, 6.45) is 3.30. The number of carbonyl (C=O) groups excluding carboxylic acids is 1. The first-order valence-electron chi connectivity index (χ1n) is 4.65. The van der Waals surface area contributed by atoms with Crippen molar-refractivity contribution in [2.75, 3.05) is 5.73 Å². The molecule has 1 amide bonds. The van der Waals surface area contributed by atoms with Gasteiger partial charge in [0.2, 0.25) is 0 Å². The Labute approximate surface area is 92.1 Å².